The minimum absolute atomic E-state index is 0.327. The molecule has 0 saturated carbocycles. The Bertz CT molecular complexity index is 834. The molecule has 0 saturated heterocycles. The third kappa shape index (κ3) is 4.56. The van der Waals surface area contributed by atoms with E-state index in [0.29, 0.717) is 17.1 Å². The van der Waals surface area contributed by atoms with Crippen LogP contribution in [0.3, 0.4) is 0 Å². The molecule has 2 N–H and O–H groups in total. The Morgan fingerprint density at radius 2 is 1.96 bits per heavy atom. The zero-order chi connectivity index (χ0) is 21.1. The van der Waals surface area contributed by atoms with Crippen LogP contribution in [0.2, 0.25) is 0 Å². The van der Waals surface area contributed by atoms with Crippen LogP contribution in [0.25, 0.3) is 0 Å². The first-order valence-corrected chi connectivity index (χ1v) is 8.43. The second-order valence-electron chi connectivity index (χ2n) is 6.28. The fourth-order valence-electron chi connectivity index (χ4n) is 2.70. The zero-order valence-corrected chi connectivity index (χ0v) is 15.9. The van der Waals surface area contributed by atoms with Crippen LogP contribution < -0.4 is 14.8 Å². The second-order valence-corrected chi connectivity index (χ2v) is 6.28. The van der Waals surface area contributed by atoms with E-state index in [1.54, 1.807) is 12.1 Å². The van der Waals surface area contributed by atoms with Gasteiger partial charge in [0.2, 0.25) is 0 Å². The highest BCUT2D eigenvalue weighted by Crippen LogP contribution is 2.34. The molecule has 0 aliphatic carbocycles. The number of hydrogen-bond donors (Lipinski definition) is 2. The average Bonchev–Trinajstić information content (AvgIpc) is 3.11. The van der Waals surface area contributed by atoms with Crippen molar-refractivity contribution >= 4 is 5.91 Å². The Balaban J connectivity index is 2.21. The SMILES string of the molecule is COc1ccc(OC)c(C(O)CNC(=O)c2cnn(C(C)C)c2C(F)(F)F)c1. The van der Waals surface area contributed by atoms with Gasteiger partial charge >= 0.3 is 6.18 Å². The summed E-state index contributed by atoms with van der Waals surface area (Å²) in [7, 11) is 2.86. The summed E-state index contributed by atoms with van der Waals surface area (Å²) >= 11 is 0. The van der Waals surface area contributed by atoms with E-state index in [1.165, 1.54) is 34.1 Å². The van der Waals surface area contributed by atoms with Crippen LogP contribution in [-0.2, 0) is 6.18 Å². The van der Waals surface area contributed by atoms with Crippen molar-refractivity contribution in [2.45, 2.75) is 32.2 Å². The van der Waals surface area contributed by atoms with Crippen LogP contribution in [0.4, 0.5) is 13.2 Å². The zero-order valence-electron chi connectivity index (χ0n) is 15.9. The highest BCUT2D eigenvalue weighted by atomic mass is 19.4. The van der Waals surface area contributed by atoms with E-state index in [0.717, 1.165) is 10.9 Å². The number of nitrogens with one attached hydrogen (secondary N) is 1. The number of carbonyl (C=O) groups is 1. The molecule has 0 bridgehead atoms. The second kappa shape index (κ2) is 8.51. The predicted molar refractivity (Wildman–Crippen MR) is 94.5 cm³/mol. The molecular weight excluding hydrogens is 379 g/mol. The topological polar surface area (TPSA) is 85.6 Å². The molecule has 1 unspecified atom stereocenters. The van der Waals surface area contributed by atoms with E-state index < -0.39 is 35.5 Å². The Morgan fingerprint density at radius 1 is 1.29 bits per heavy atom. The number of methoxy groups -OCH3 is 2. The van der Waals surface area contributed by atoms with E-state index in [9.17, 15) is 23.1 Å². The summed E-state index contributed by atoms with van der Waals surface area (Å²) in [4.78, 5) is 12.3. The van der Waals surface area contributed by atoms with Gasteiger partial charge in [0.1, 0.15) is 17.6 Å². The highest BCUT2D eigenvalue weighted by molar-refractivity contribution is 5.95. The third-order valence-corrected chi connectivity index (χ3v) is 4.05. The Kier molecular flexibility index (Phi) is 6.55. The quantitative estimate of drug-likeness (QED) is 0.745. The number of hydrogen-bond acceptors (Lipinski definition) is 5. The van der Waals surface area contributed by atoms with Crippen LogP contribution in [0.15, 0.2) is 24.4 Å². The summed E-state index contributed by atoms with van der Waals surface area (Å²) < 4.78 is 51.2. The highest BCUT2D eigenvalue weighted by Gasteiger charge is 2.40. The summed E-state index contributed by atoms with van der Waals surface area (Å²) in [5.41, 5.74) is -1.41. The minimum atomic E-state index is -4.75. The minimum Gasteiger partial charge on any atom is -0.497 e. The van der Waals surface area contributed by atoms with Crippen molar-refractivity contribution in [3.63, 3.8) is 0 Å². The number of halogens is 3. The molecule has 28 heavy (non-hydrogen) atoms. The summed E-state index contributed by atoms with van der Waals surface area (Å²) in [5, 5.41) is 16.4. The molecule has 2 rings (SSSR count). The fourth-order valence-corrected chi connectivity index (χ4v) is 2.70. The first kappa shape index (κ1) is 21.5. The van der Waals surface area contributed by atoms with Crippen molar-refractivity contribution in [1.82, 2.24) is 15.1 Å². The number of amides is 1. The number of ether oxygens (including phenoxy) is 2. The molecule has 2 aromatic rings. The third-order valence-electron chi connectivity index (χ3n) is 4.05. The van der Waals surface area contributed by atoms with Crippen LogP contribution >= 0.6 is 0 Å². The van der Waals surface area contributed by atoms with E-state index in [-0.39, 0.29) is 6.54 Å². The molecule has 1 aromatic heterocycles. The lowest BCUT2D eigenvalue weighted by molar-refractivity contribution is -0.145. The maximum atomic E-state index is 13.4. The molecular formula is C18H22F3N3O4. The number of aliphatic hydroxyl groups is 1. The number of aromatic nitrogens is 2. The lowest BCUT2D eigenvalue weighted by atomic mass is 10.1. The number of nitrogens with zero attached hydrogens (tertiary/aromatic N) is 2. The summed E-state index contributed by atoms with van der Waals surface area (Å²) in [5.74, 6) is -0.176. The number of benzene rings is 1. The van der Waals surface area contributed by atoms with Gasteiger partial charge in [-0.25, -0.2) is 0 Å². The number of aliphatic hydroxyl groups excluding tert-OH is 1. The van der Waals surface area contributed by atoms with E-state index in [2.05, 4.69) is 10.4 Å². The van der Waals surface area contributed by atoms with Gasteiger partial charge in [-0.3, -0.25) is 9.48 Å². The van der Waals surface area contributed by atoms with Crippen molar-refractivity contribution in [3.05, 3.63) is 41.2 Å². The molecule has 0 radical (unpaired) electrons. The smallest absolute Gasteiger partial charge is 0.433 e. The number of carbonyl (C=O) groups excluding carboxylic acids is 1. The van der Waals surface area contributed by atoms with Gasteiger partial charge in [0, 0.05) is 18.2 Å². The first-order chi connectivity index (χ1) is 13.1. The van der Waals surface area contributed by atoms with Crippen LogP contribution in [-0.4, -0.2) is 41.6 Å². The Hall–Kier alpha value is -2.75. The van der Waals surface area contributed by atoms with Crippen molar-refractivity contribution in [2.75, 3.05) is 20.8 Å². The van der Waals surface area contributed by atoms with Gasteiger partial charge in [-0.1, -0.05) is 0 Å². The summed E-state index contributed by atoms with van der Waals surface area (Å²) in [6.07, 6.45) is -5.10. The normalized spacial score (nSPS) is 12.8. The van der Waals surface area contributed by atoms with E-state index in [1.807, 2.05) is 0 Å². The van der Waals surface area contributed by atoms with Crippen molar-refractivity contribution in [1.29, 1.82) is 0 Å². The Morgan fingerprint density at radius 3 is 2.50 bits per heavy atom. The molecule has 1 amide bonds. The van der Waals surface area contributed by atoms with Gasteiger partial charge < -0.3 is 19.9 Å². The maximum Gasteiger partial charge on any atom is 0.433 e. The van der Waals surface area contributed by atoms with E-state index in [4.69, 9.17) is 9.47 Å². The summed E-state index contributed by atoms with van der Waals surface area (Å²) in [6.45, 7) is 2.73. The standard InChI is InChI=1S/C18H22F3N3O4/c1-10(2)24-16(18(19,20)21)13(8-23-24)17(26)22-9-14(25)12-7-11(27-3)5-6-15(12)28-4/h5-8,10,14,25H,9H2,1-4H3,(H,22,26). The van der Waals surface area contributed by atoms with Gasteiger partial charge in [-0.05, 0) is 32.0 Å². The molecule has 0 fully saturated rings. The summed E-state index contributed by atoms with van der Waals surface area (Å²) in [6, 6.07) is 4.15. The molecule has 0 aliphatic heterocycles. The van der Waals surface area contributed by atoms with Gasteiger partial charge in [0.05, 0.1) is 26.0 Å². The predicted octanol–water partition coefficient (Wildman–Crippen LogP) is 2.96. The fraction of sp³-hybridized carbons (Fsp3) is 0.444. The number of alkyl halides is 3. The van der Waals surface area contributed by atoms with Crippen LogP contribution in [0.1, 0.15) is 47.6 Å². The van der Waals surface area contributed by atoms with Gasteiger partial charge in [-0.2, -0.15) is 18.3 Å². The lowest BCUT2D eigenvalue weighted by Gasteiger charge is -2.17. The monoisotopic (exact) mass is 401 g/mol. The van der Waals surface area contributed by atoms with Gasteiger partial charge in [0.15, 0.2) is 5.69 Å². The molecule has 1 heterocycles. The maximum absolute atomic E-state index is 13.4. The largest absolute Gasteiger partial charge is 0.497 e. The van der Waals surface area contributed by atoms with Gasteiger partial charge in [-0.15, -0.1) is 0 Å². The van der Waals surface area contributed by atoms with Crippen molar-refractivity contribution in [3.8, 4) is 11.5 Å². The van der Waals surface area contributed by atoms with Crippen molar-refractivity contribution in [2.24, 2.45) is 0 Å². The molecule has 10 heteroatoms. The molecule has 1 atom stereocenters. The Labute approximate surface area is 160 Å². The van der Waals surface area contributed by atoms with Crippen molar-refractivity contribution < 1.29 is 32.5 Å². The average molecular weight is 401 g/mol. The van der Waals surface area contributed by atoms with Crippen LogP contribution in [0.5, 0.6) is 11.5 Å². The molecule has 1 aromatic carbocycles. The van der Waals surface area contributed by atoms with E-state index >= 15 is 0 Å². The first-order valence-electron chi connectivity index (χ1n) is 8.43. The lowest BCUT2D eigenvalue weighted by Crippen LogP contribution is -2.30. The molecule has 7 nitrogen and oxygen atoms in total. The molecule has 0 spiro atoms. The van der Waals surface area contributed by atoms with Crippen LogP contribution in [0, 0.1) is 0 Å². The molecule has 154 valence electrons. The van der Waals surface area contributed by atoms with Gasteiger partial charge in [0.25, 0.3) is 5.91 Å². The number of rotatable bonds is 7. The molecule has 0 aliphatic rings.